The Bertz CT molecular complexity index is 292. The van der Waals surface area contributed by atoms with Crippen LogP contribution in [0.15, 0.2) is 17.3 Å². The smallest absolute Gasteiger partial charge is 0.256 e. The Morgan fingerprint density at radius 2 is 2.45 bits per heavy atom. The molecule has 1 aromatic rings. The van der Waals surface area contributed by atoms with Crippen molar-refractivity contribution in [2.75, 3.05) is 6.54 Å². The van der Waals surface area contributed by atoms with Crippen molar-refractivity contribution in [1.82, 2.24) is 9.55 Å². The van der Waals surface area contributed by atoms with E-state index < -0.39 is 0 Å². The van der Waals surface area contributed by atoms with Gasteiger partial charge in [-0.15, -0.1) is 0 Å². The van der Waals surface area contributed by atoms with Crippen molar-refractivity contribution in [3.8, 4) is 0 Å². The van der Waals surface area contributed by atoms with Crippen molar-refractivity contribution in [1.29, 1.82) is 0 Å². The molecule has 2 N–H and O–H groups in total. The minimum absolute atomic E-state index is 0.00884. The standard InChI is InChI=1S/C7H11N3O/c1-10-5-9-4-6(2-3-8)7(10)11/h4-5H,2-3,8H2,1H3. The van der Waals surface area contributed by atoms with Gasteiger partial charge in [-0.25, -0.2) is 4.98 Å². The largest absolute Gasteiger partial charge is 0.330 e. The van der Waals surface area contributed by atoms with Gasteiger partial charge in [-0.1, -0.05) is 0 Å². The Balaban J connectivity index is 3.07. The second-order valence-corrected chi connectivity index (χ2v) is 2.37. The molecular formula is C7H11N3O. The van der Waals surface area contributed by atoms with Crippen molar-refractivity contribution in [2.24, 2.45) is 12.8 Å². The Kier molecular flexibility index (Phi) is 2.38. The molecule has 0 aliphatic carbocycles. The Morgan fingerprint density at radius 3 is 3.09 bits per heavy atom. The van der Waals surface area contributed by atoms with E-state index in [2.05, 4.69) is 4.98 Å². The molecule has 11 heavy (non-hydrogen) atoms. The molecule has 0 aliphatic rings. The Morgan fingerprint density at radius 1 is 1.73 bits per heavy atom. The molecule has 4 heteroatoms. The molecule has 0 aromatic carbocycles. The molecule has 60 valence electrons. The highest BCUT2D eigenvalue weighted by Gasteiger charge is 1.98. The van der Waals surface area contributed by atoms with Crippen LogP contribution in [0.2, 0.25) is 0 Å². The third kappa shape index (κ3) is 1.65. The average molecular weight is 153 g/mol. The number of hydrogen-bond donors (Lipinski definition) is 1. The number of aromatic nitrogens is 2. The van der Waals surface area contributed by atoms with Crippen LogP contribution in [0.1, 0.15) is 5.56 Å². The minimum atomic E-state index is -0.00884. The number of hydrogen-bond acceptors (Lipinski definition) is 3. The zero-order valence-corrected chi connectivity index (χ0v) is 6.45. The summed E-state index contributed by atoms with van der Waals surface area (Å²) < 4.78 is 1.45. The van der Waals surface area contributed by atoms with E-state index in [1.165, 1.54) is 10.9 Å². The maximum atomic E-state index is 11.2. The van der Waals surface area contributed by atoms with Crippen LogP contribution < -0.4 is 11.3 Å². The molecule has 0 saturated carbocycles. The van der Waals surface area contributed by atoms with Crippen LogP contribution in [0, 0.1) is 0 Å². The van der Waals surface area contributed by atoms with Gasteiger partial charge in [0.15, 0.2) is 0 Å². The zero-order chi connectivity index (χ0) is 8.27. The summed E-state index contributed by atoms with van der Waals surface area (Å²) in [6.45, 7) is 0.487. The molecule has 0 fully saturated rings. The summed E-state index contributed by atoms with van der Waals surface area (Å²) in [5.41, 5.74) is 5.97. The summed E-state index contributed by atoms with van der Waals surface area (Å²) in [6, 6.07) is 0. The maximum Gasteiger partial charge on any atom is 0.256 e. The highest BCUT2D eigenvalue weighted by atomic mass is 16.1. The summed E-state index contributed by atoms with van der Waals surface area (Å²) in [5.74, 6) is 0. The van der Waals surface area contributed by atoms with Crippen molar-refractivity contribution in [3.63, 3.8) is 0 Å². The summed E-state index contributed by atoms with van der Waals surface area (Å²) in [4.78, 5) is 15.1. The topological polar surface area (TPSA) is 60.9 Å². The van der Waals surface area contributed by atoms with Gasteiger partial charge in [0.1, 0.15) is 0 Å². The molecule has 0 atom stereocenters. The molecule has 0 saturated heterocycles. The lowest BCUT2D eigenvalue weighted by atomic mass is 10.2. The Hall–Kier alpha value is -1.16. The summed E-state index contributed by atoms with van der Waals surface area (Å²) in [7, 11) is 1.68. The number of nitrogens with zero attached hydrogens (tertiary/aromatic N) is 2. The normalized spacial score (nSPS) is 10.0. The first-order valence-electron chi connectivity index (χ1n) is 3.45. The van der Waals surface area contributed by atoms with Crippen LogP contribution in [0.4, 0.5) is 0 Å². The Labute approximate surface area is 64.7 Å². The first-order valence-corrected chi connectivity index (χ1v) is 3.45. The fourth-order valence-electron chi connectivity index (χ4n) is 0.884. The van der Waals surface area contributed by atoms with Crippen molar-refractivity contribution < 1.29 is 0 Å². The first kappa shape index (κ1) is 7.94. The van der Waals surface area contributed by atoms with Gasteiger partial charge in [0.05, 0.1) is 6.33 Å². The SMILES string of the molecule is Cn1cncc(CCN)c1=O. The van der Waals surface area contributed by atoms with E-state index in [0.29, 0.717) is 18.5 Å². The molecule has 0 amide bonds. The van der Waals surface area contributed by atoms with Crippen LogP contribution >= 0.6 is 0 Å². The average Bonchev–Trinajstić information content (AvgIpc) is 1.99. The molecule has 1 heterocycles. The fourth-order valence-corrected chi connectivity index (χ4v) is 0.884. The van der Waals surface area contributed by atoms with Crippen LogP contribution in [0.5, 0.6) is 0 Å². The predicted octanol–water partition coefficient (Wildman–Crippen LogP) is -0.719. The second-order valence-electron chi connectivity index (χ2n) is 2.37. The molecule has 0 unspecified atom stereocenters. The van der Waals surface area contributed by atoms with E-state index >= 15 is 0 Å². The first-order chi connectivity index (χ1) is 5.25. The predicted molar refractivity (Wildman–Crippen MR) is 42.2 cm³/mol. The summed E-state index contributed by atoms with van der Waals surface area (Å²) >= 11 is 0. The van der Waals surface area contributed by atoms with Crippen LogP contribution in [-0.4, -0.2) is 16.1 Å². The lowest BCUT2D eigenvalue weighted by molar-refractivity contribution is 0.788. The molecular weight excluding hydrogens is 142 g/mol. The van der Waals surface area contributed by atoms with Crippen LogP contribution in [-0.2, 0) is 13.5 Å². The van der Waals surface area contributed by atoms with E-state index in [-0.39, 0.29) is 5.56 Å². The van der Waals surface area contributed by atoms with Crippen molar-refractivity contribution >= 4 is 0 Å². The number of nitrogens with two attached hydrogens (primary N) is 1. The molecule has 4 nitrogen and oxygen atoms in total. The van der Waals surface area contributed by atoms with E-state index in [9.17, 15) is 4.79 Å². The van der Waals surface area contributed by atoms with Gasteiger partial charge in [-0.2, -0.15) is 0 Å². The van der Waals surface area contributed by atoms with E-state index in [4.69, 9.17) is 5.73 Å². The fraction of sp³-hybridized carbons (Fsp3) is 0.429. The lowest BCUT2D eigenvalue weighted by Gasteiger charge is -1.98. The van der Waals surface area contributed by atoms with E-state index in [1.807, 2.05) is 0 Å². The van der Waals surface area contributed by atoms with E-state index in [1.54, 1.807) is 13.2 Å². The monoisotopic (exact) mass is 153 g/mol. The summed E-state index contributed by atoms with van der Waals surface area (Å²) in [6.07, 6.45) is 3.65. The number of aryl methyl sites for hydroxylation is 1. The van der Waals surface area contributed by atoms with Crippen molar-refractivity contribution in [3.05, 3.63) is 28.4 Å². The van der Waals surface area contributed by atoms with Crippen LogP contribution in [0.3, 0.4) is 0 Å². The van der Waals surface area contributed by atoms with Gasteiger partial charge >= 0.3 is 0 Å². The molecule has 0 aliphatic heterocycles. The molecule has 1 rings (SSSR count). The molecule has 1 aromatic heterocycles. The third-order valence-electron chi connectivity index (χ3n) is 1.48. The maximum absolute atomic E-state index is 11.2. The highest BCUT2D eigenvalue weighted by Crippen LogP contribution is 1.86. The highest BCUT2D eigenvalue weighted by molar-refractivity contribution is 5.04. The lowest BCUT2D eigenvalue weighted by Crippen LogP contribution is -2.22. The van der Waals surface area contributed by atoms with Gasteiger partial charge in [0, 0.05) is 18.8 Å². The summed E-state index contributed by atoms with van der Waals surface area (Å²) in [5, 5.41) is 0. The van der Waals surface area contributed by atoms with Crippen LogP contribution in [0.25, 0.3) is 0 Å². The molecule has 0 radical (unpaired) electrons. The number of rotatable bonds is 2. The minimum Gasteiger partial charge on any atom is -0.330 e. The van der Waals surface area contributed by atoms with Gasteiger partial charge in [0.2, 0.25) is 0 Å². The van der Waals surface area contributed by atoms with E-state index in [0.717, 1.165) is 0 Å². The zero-order valence-electron chi connectivity index (χ0n) is 6.45. The van der Waals surface area contributed by atoms with Crippen molar-refractivity contribution in [2.45, 2.75) is 6.42 Å². The second kappa shape index (κ2) is 3.30. The van der Waals surface area contributed by atoms with Gasteiger partial charge in [0.25, 0.3) is 5.56 Å². The third-order valence-corrected chi connectivity index (χ3v) is 1.48. The van der Waals surface area contributed by atoms with Gasteiger partial charge in [-0.3, -0.25) is 4.79 Å². The van der Waals surface area contributed by atoms with Gasteiger partial charge < -0.3 is 10.3 Å². The van der Waals surface area contributed by atoms with Gasteiger partial charge in [-0.05, 0) is 13.0 Å². The quantitative estimate of drug-likeness (QED) is 0.610. The molecule has 0 spiro atoms. The molecule has 0 bridgehead atoms.